The van der Waals surface area contributed by atoms with Crippen molar-refractivity contribution in [3.63, 3.8) is 0 Å². The minimum atomic E-state index is -1.45. The van der Waals surface area contributed by atoms with Crippen molar-refractivity contribution in [2.45, 2.75) is 53.8 Å². The number of rotatable bonds is 9. The van der Waals surface area contributed by atoms with Gasteiger partial charge in [-0.05, 0) is 291 Å². The molecule has 1 aliphatic heterocycles. The Kier molecular flexibility index (Phi) is 26.7. The van der Waals surface area contributed by atoms with Gasteiger partial charge in [0.2, 0.25) is 0 Å². The van der Waals surface area contributed by atoms with Crippen molar-refractivity contribution in [1.29, 1.82) is 15.8 Å². The Morgan fingerprint density at radius 1 is 0.297 bits per heavy atom. The van der Waals surface area contributed by atoms with Crippen LogP contribution in [0.2, 0.25) is 0 Å². The summed E-state index contributed by atoms with van der Waals surface area (Å²) in [6.45, 7) is 8.11. The quantitative estimate of drug-likeness (QED) is 0.105. The molecule has 4 heterocycles. The van der Waals surface area contributed by atoms with Gasteiger partial charge in [-0.3, -0.25) is 0 Å². The van der Waals surface area contributed by atoms with E-state index in [1.807, 2.05) is 210 Å². The lowest BCUT2D eigenvalue weighted by molar-refractivity contribution is 0.00578. The predicted molar refractivity (Wildman–Crippen MR) is 509 cm³/mol. The van der Waals surface area contributed by atoms with E-state index in [4.69, 9.17) is 32.6 Å². The predicted octanol–water partition coefficient (Wildman–Crippen LogP) is 28.3. The monoisotopic (exact) mass is 1910 g/mol. The van der Waals surface area contributed by atoms with Gasteiger partial charge in [0.1, 0.15) is 33.5 Å². The van der Waals surface area contributed by atoms with Gasteiger partial charge < -0.3 is 32.6 Å². The Morgan fingerprint density at radius 3 is 0.949 bits per heavy atom. The van der Waals surface area contributed by atoms with Gasteiger partial charge in [-0.15, -0.1) is 0 Å². The molecular weight excluding hydrogens is 1840 g/mol. The Hall–Kier alpha value is -11.2. The summed E-state index contributed by atoms with van der Waals surface area (Å²) in [7, 11) is -1.91. The molecule has 1 saturated heterocycles. The van der Waals surface area contributed by atoms with Crippen LogP contribution in [-0.2, 0) is 9.31 Å². The van der Waals surface area contributed by atoms with Crippen LogP contribution in [0.15, 0.2) is 359 Å². The molecule has 17 heteroatoms. The first-order valence-electron chi connectivity index (χ1n) is 37.1. The van der Waals surface area contributed by atoms with Crippen LogP contribution in [0.5, 0.6) is 0 Å². The van der Waals surface area contributed by atoms with Crippen molar-refractivity contribution in [2.75, 3.05) is 0 Å². The number of furan rings is 3. The number of nitriles is 3. The zero-order chi connectivity index (χ0) is 80.8. The Bertz CT molecular complexity index is 6630. The molecule has 2 N–H and O–H groups in total. The fourth-order valence-electron chi connectivity index (χ4n) is 14.0. The molecule has 0 saturated carbocycles. The maximum atomic E-state index is 10.0. The molecule has 10 nitrogen and oxygen atoms in total. The summed E-state index contributed by atoms with van der Waals surface area (Å²) in [5.74, 6) is 0. The number of fused-ring (bicyclic) bond motifs is 9. The van der Waals surface area contributed by atoms with E-state index >= 15 is 0 Å². The topological polar surface area (TPSA) is 170 Å². The van der Waals surface area contributed by atoms with E-state index in [-0.39, 0.29) is 14.9 Å². The highest BCUT2D eigenvalue weighted by atomic mass is 127. The third-order valence-electron chi connectivity index (χ3n) is 20.5. The fraction of sp³-hybridized carbons (Fsp3) is 0.0792. The molecule has 15 aromatic carbocycles. The van der Waals surface area contributed by atoms with Gasteiger partial charge in [0, 0.05) is 53.8 Å². The molecule has 1 fully saturated rings. The largest absolute Gasteiger partial charge is 0.494 e. The Morgan fingerprint density at radius 2 is 0.585 bits per heavy atom. The van der Waals surface area contributed by atoms with Gasteiger partial charge in [0.05, 0.1) is 46.1 Å². The van der Waals surface area contributed by atoms with Gasteiger partial charge in [-0.25, -0.2) is 0 Å². The molecule has 0 unspecified atom stereocenters. The lowest BCUT2D eigenvalue weighted by atomic mass is 9.77. The lowest BCUT2D eigenvalue weighted by Gasteiger charge is -2.32. The van der Waals surface area contributed by atoms with Crippen LogP contribution in [0, 0.1) is 37.6 Å². The smallest absolute Gasteiger partial charge is 0.456 e. The third kappa shape index (κ3) is 19.3. The van der Waals surface area contributed by atoms with E-state index in [0.717, 1.165) is 167 Å². The summed E-state index contributed by atoms with van der Waals surface area (Å²) < 4.78 is 35.6. The van der Waals surface area contributed by atoms with Crippen LogP contribution in [-0.4, -0.2) is 35.5 Å². The molecule has 3 aromatic heterocycles. The molecule has 0 atom stereocenters. The average molecular weight is 1910 g/mol. The lowest BCUT2D eigenvalue weighted by Crippen LogP contribution is -2.41. The summed E-state index contributed by atoms with van der Waals surface area (Å²) >= 11 is 16.1. The molecule has 578 valence electrons. The maximum absolute atomic E-state index is 10.0. The minimum Gasteiger partial charge on any atom is -0.456 e. The van der Waals surface area contributed by atoms with Crippen LogP contribution in [0.3, 0.4) is 0 Å². The number of para-hydroxylation sites is 3. The van der Waals surface area contributed by atoms with Crippen molar-refractivity contribution in [1.82, 2.24) is 0 Å². The van der Waals surface area contributed by atoms with Crippen molar-refractivity contribution >= 4 is 177 Å². The number of benzene rings is 15. The number of nitrogens with zero attached hydrogens (tertiary/aromatic N) is 3. The summed E-state index contributed by atoms with van der Waals surface area (Å²) in [5.41, 5.74) is 22.3. The normalized spacial score (nSPS) is 12.3. The summed E-state index contributed by atoms with van der Waals surface area (Å²) in [6, 6.07) is 116. The molecule has 0 amide bonds. The SMILES string of the molecule is Brc1cc(Br)cc(I)c1.C.C.CC1(C)OB(c2cc(C#N)cc(-c3ccccc3)c2)OC1(C)C.N#Cc1cc(-c2ccccc2)cc(-c2cc(-c3ccc4oc5ccccc5c4c3)cc(-c3ccc4oc5ccccc5c4c3)c2)c1.N#Cc1cc(-c2ccccc2)cc(-c2cc(Br)cc(Br)c2)c1.OB(O)c1ccc2oc3ccccc3c2c1. The molecule has 0 aliphatic carbocycles. The van der Waals surface area contributed by atoms with Gasteiger partial charge >= 0.3 is 14.2 Å². The van der Waals surface area contributed by atoms with Crippen LogP contribution >= 0.6 is 86.3 Å². The van der Waals surface area contributed by atoms with E-state index in [1.165, 1.54) is 3.57 Å². The zero-order valence-electron chi connectivity index (χ0n) is 63.0. The average Bonchev–Trinajstić information content (AvgIpc) is 1.65. The van der Waals surface area contributed by atoms with Gasteiger partial charge in [-0.2, -0.15) is 15.8 Å². The van der Waals surface area contributed by atoms with E-state index in [0.29, 0.717) is 22.2 Å². The van der Waals surface area contributed by atoms with E-state index in [2.05, 4.69) is 232 Å². The number of halogens is 5. The van der Waals surface area contributed by atoms with Crippen LogP contribution in [0.25, 0.3) is 144 Å². The minimum absolute atomic E-state index is 0. The van der Waals surface area contributed by atoms with Crippen molar-refractivity contribution < 1.29 is 32.6 Å². The first-order valence-corrected chi connectivity index (χ1v) is 41.4. The van der Waals surface area contributed by atoms with Gasteiger partial charge in [0.15, 0.2) is 0 Å². The maximum Gasteiger partial charge on any atom is 0.494 e. The first-order chi connectivity index (χ1) is 56.1. The van der Waals surface area contributed by atoms with Crippen LogP contribution in [0.4, 0.5) is 0 Å². The molecular formula is C101H76B2Br4IN3O7. The fourth-order valence-corrected chi connectivity index (χ4v) is 18.1. The second-order valence-corrected chi connectivity index (χ2v) is 33.8. The Labute approximate surface area is 734 Å². The van der Waals surface area contributed by atoms with Crippen molar-refractivity contribution in [3.05, 3.63) is 366 Å². The second-order valence-electron chi connectivity index (χ2n) is 28.9. The first kappa shape index (κ1) is 84.7. The summed E-state index contributed by atoms with van der Waals surface area (Å²) in [4.78, 5) is 0. The second kappa shape index (κ2) is 37.2. The molecule has 118 heavy (non-hydrogen) atoms. The van der Waals surface area contributed by atoms with Gasteiger partial charge in [-0.1, -0.05) is 254 Å². The Balaban J connectivity index is 0.000000141. The summed E-state index contributed by atoms with van der Waals surface area (Å²) in [6.07, 6.45) is 0. The number of hydrogen-bond donors (Lipinski definition) is 2. The van der Waals surface area contributed by atoms with E-state index in [1.54, 1.807) is 18.2 Å². The highest BCUT2D eigenvalue weighted by Gasteiger charge is 2.52. The van der Waals surface area contributed by atoms with Gasteiger partial charge in [0.25, 0.3) is 0 Å². The van der Waals surface area contributed by atoms with Crippen molar-refractivity contribution in [3.8, 4) is 96.1 Å². The molecule has 1 aliphatic rings. The molecule has 0 bridgehead atoms. The highest BCUT2D eigenvalue weighted by molar-refractivity contribution is 14.1. The van der Waals surface area contributed by atoms with E-state index < -0.39 is 25.4 Å². The number of hydrogen-bond acceptors (Lipinski definition) is 10. The standard InChI is InChI=1S/C43H25NO2.C19H20BNO2.C19H11Br2N.C12H9BO3.C6H3Br2I.2CH4/c44-26-27-18-31(28-8-2-1-3-9-28)20-32(19-27)35-22-33(29-14-16-42-38(24-29)36-10-4-6-12-40(36)45-42)21-34(23-35)30-15-17-43-39(25-30)37-11-5-7-13-41(37)46-43;1-18(2)19(3,4)23-20(22-18)17-11-14(13-21)10-16(12-17)15-8-6-5-7-9-15;20-18-9-17(10-19(21)11-18)16-7-13(12-22)6-15(8-16)14-4-2-1-3-5-14;14-13(15)8-5-6-12-10(7-8)9-3-1-2-4-11(9)16-12;7-4-1-5(8)3-6(9)2-4;;/h1-25H;5-12H,1-4H3;1-11H;1-7,14-15H;1-3H;2*1H4. The highest BCUT2D eigenvalue weighted by Crippen LogP contribution is 2.42. The van der Waals surface area contributed by atoms with Crippen LogP contribution < -0.4 is 10.9 Å². The summed E-state index contributed by atoms with van der Waals surface area (Å²) in [5, 5.41) is 53.2. The molecule has 18 aromatic rings. The zero-order valence-corrected chi connectivity index (χ0v) is 71.5. The molecule has 0 spiro atoms. The van der Waals surface area contributed by atoms with Crippen molar-refractivity contribution in [2.24, 2.45) is 0 Å². The third-order valence-corrected chi connectivity index (χ3v) is 22.9. The van der Waals surface area contributed by atoms with Crippen LogP contribution in [0.1, 0.15) is 59.2 Å². The molecule has 0 radical (unpaired) electrons. The van der Waals surface area contributed by atoms with E-state index in [9.17, 15) is 15.8 Å². The molecule has 19 rings (SSSR count).